The van der Waals surface area contributed by atoms with E-state index in [4.69, 9.17) is 0 Å². The summed E-state index contributed by atoms with van der Waals surface area (Å²) >= 11 is 3.28. The second kappa shape index (κ2) is 5.83. The molecule has 1 N–H and O–H groups in total. The third kappa shape index (κ3) is 3.21. The van der Waals surface area contributed by atoms with Gasteiger partial charge in [0.05, 0.1) is 4.92 Å². The van der Waals surface area contributed by atoms with Crippen molar-refractivity contribution < 1.29 is 9.72 Å². The van der Waals surface area contributed by atoms with Gasteiger partial charge in [0.15, 0.2) is 0 Å². The van der Waals surface area contributed by atoms with E-state index in [9.17, 15) is 14.9 Å². The highest BCUT2D eigenvalue weighted by molar-refractivity contribution is 9.10. The van der Waals surface area contributed by atoms with Crippen molar-refractivity contribution in [3.8, 4) is 0 Å². The number of carbonyl (C=O) groups excluding carboxylic acids is 1. The van der Waals surface area contributed by atoms with Crippen molar-refractivity contribution >= 4 is 33.2 Å². The molecule has 0 saturated carbocycles. The van der Waals surface area contributed by atoms with Gasteiger partial charge in [-0.15, -0.1) is 0 Å². The second-order valence-corrected chi connectivity index (χ2v) is 5.15. The van der Waals surface area contributed by atoms with Crippen molar-refractivity contribution in [2.24, 2.45) is 0 Å². The van der Waals surface area contributed by atoms with Crippen LogP contribution in [0.3, 0.4) is 0 Å². The van der Waals surface area contributed by atoms with Crippen molar-refractivity contribution in [3.05, 3.63) is 68.2 Å². The number of hydrogen-bond acceptors (Lipinski definition) is 3. The molecule has 0 bridgehead atoms. The molecule has 0 saturated heterocycles. The first-order chi connectivity index (χ1) is 9.47. The largest absolute Gasteiger partial charge is 0.316 e. The van der Waals surface area contributed by atoms with Crippen LogP contribution in [-0.4, -0.2) is 10.8 Å². The van der Waals surface area contributed by atoms with Crippen molar-refractivity contribution in [2.75, 3.05) is 5.32 Å². The van der Waals surface area contributed by atoms with Gasteiger partial charge >= 0.3 is 0 Å². The molecule has 0 spiro atoms. The molecule has 5 nitrogen and oxygen atoms in total. The average molecular weight is 335 g/mol. The number of aryl methyl sites for hydroxylation is 1. The number of amides is 1. The summed E-state index contributed by atoms with van der Waals surface area (Å²) in [5.41, 5.74) is 1.27. The number of halogens is 1. The molecular formula is C14H11BrN2O3. The molecular weight excluding hydrogens is 324 g/mol. The van der Waals surface area contributed by atoms with Crippen LogP contribution in [0.15, 0.2) is 46.9 Å². The van der Waals surface area contributed by atoms with E-state index >= 15 is 0 Å². The summed E-state index contributed by atoms with van der Waals surface area (Å²) in [6.45, 7) is 1.76. The summed E-state index contributed by atoms with van der Waals surface area (Å²) in [5, 5.41) is 13.5. The Morgan fingerprint density at radius 2 is 1.85 bits per heavy atom. The Hall–Kier alpha value is -2.21. The fourth-order valence-electron chi connectivity index (χ4n) is 1.69. The lowest BCUT2D eigenvalue weighted by Crippen LogP contribution is -2.13. The van der Waals surface area contributed by atoms with Gasteiger partial charge < -0.3 is 5.32 Å². The van der Waals surface area contributed by atoms with Gasteiger partial charge in [0.1, 0.15) is 5.69 Å². The van der Waals surface area contributed by atoms with Crippen LogP contribution in [0.25, 0.3) is 0 Å². The molecule has 0 aliphatic rings. The Bertz CT molecular complexity index is 669. The lowest BCUT2D eigenvalue weighted by atomic mass is 10.1. The van der Waals surface area contributed by atoms with Gasteiger partial charge in [-0.1, -0.05) is 22.0 Å². The highest BCUT2D eigenvalue weighted by Gasteiger charge is 2.16. The number of nitro groups is 1. The predicted octanol–water partition coefficient (Wildman–Crippen LogP) is 3.92. The van der Waals surface area contributed by atoms with E-state index < -0.39 is 4.92 Å². The summed E-state index contributed by atoms with van der Waals surface area (Å²) in [7, 11) is 0. The van der Waals surface area contributed by atoms with Crippen molar-refractivity contribution in [1.82, 2.24) is 0 Å². The predicted molar refractivity (Wildman–Crippen MR) is 79.9 cm³/mol. The molecule has 0 aromatic heterocycles. The van der Waals surface area contributed by atoms with E-state index in [-0.39, 0.29) is 17.3 Å². The van der Waals surface area contributed by atoms with Crippen molar-refractivity contribution in [2.45, 2.75) is 6.92 Å². The molecule has 20 heavy (non-hydrogen) atoms. The fraction of sp³-hybridized carbons (Fsp3) is 0.0714. The average Bonchev–Trinajstić information content (AvgIpc) is 2.41. The molecule has 0 heterocycles. The van der Waals surface area contributed by atoms with E-state index in [0.29, 0.717) is 5.56 Å². The van der Waals surface area contributed by atoms with E-state index in [1.807, 2.05) is 0 Å². The standard InChI is InChI=1S/C14H11BrN2O3/c1-9-2-7-12(13(8-9)17(19)20)16-14(18)10-3-5-11(15)6-4-10/h2-8H,1H3,(H,16,18). The number of anilines is 1. The maximum atomic E-state index is 12.0. The molecule has 2 aromatic rings. The number of rotatable bonds is 3. The van der Waals surface area contributed by atoms with E-state index in [1.54, 1.807) is 37.3 Å². The van der Waals surface area contributed by atoms with Crippen LogP contribution in [0.2, 0.25) is 0 Å². The number of nitrogens with zero attached hydrogens (tertiary/aromatic N) is 1. The molecule has 0 aliphatic carbocycles. The third-order valence-corrected chi connectivity index (χ3v) is 3.23. The maximum Gasteiger partial charge on any atom is 0.293 e. The first-order valence-electron chi connectivity index (χ1n) is 5.79. The van der Waals surface area contributed by atoms with Gasteiger partial charge in [-0.3, -0.25) is 14.9 Å². The van der Waals surface area contributed by atoms with Crippen LogP contribution in [0.5, 0.6) is 0 Å². The van der Waals surface area contributed by atoms with Gasteiger partial charge in [-0.05, 0) is 42.8 Å². The highest BCUT2D eigenvalue weighted by Crippen LogP contribution is 2.25. The van der Waals surface area contributed by atoms with Gasteiger partial charge in [-0.25, -0.2) is 0 Å². The minimum atomic E-state index is -0.510. The summed E-state index contributed by atoms with van der Waals surface area (Å²) in [6.07, 6.45) is 0. The zero-order valence-electron chi connectivity index (χ0n) is 10.6. The lowest BCUT2D eigenvalue weighted by Gasteiger charge is -2.06. The van der Waals surface area contributed by atoms with Crippen molar-refractivity contribution in [3.63, 3.8) is 0 Å². The van der Waals surface area contributed by atoms with E-state index in [1.165, 1.54) is 12.1 Å². The van der Waals surface area contributed by atoms with E-state index in [0.717, 1.165) is 10.0 Å². The summed E-state index contributed by atoms with van der Waals surface area (Å²) < 4.78 is 0.857. The number of benzene rings is 2. The summed E-state index contributed by atoms with van der Waals surface area (Å²) in [5.74, 6) is -0.385. The first-order valence-corrected chi connectivity index (χ1v) is 6.58. The summed E-state index contributed by atoms with van der Waals surface area (Å²) in [4.78, 5) is 22.5. The first kappa shape index (κ1) is 14.2. The molecule has 0 unspecified atom stereocenters. The van der Waals surface area contributed by atoms with Gasteiger partial charge in [0, 0.05) is 16.1 Å². The molecule has 0 radical (unpaired) electrons. The molecule has 0 fully saturated rings. The molecule has 102 valence electrons. The van der Waals surface area contributed by atoms with Crippen LogP contribution in [-0.2, 0) is 0 Å². The van der Waals surface area contributed by atoms with Crippen LogP contribution in [0, 0.1) is 17.0 Å². The number of nitro benzene ring substituents is 1. The molecule has 1 amide bonds. The third-order valence-electron chi connectivity index (χ3n) is 2.70. The Morgan fingerprint density at radius 3 is 2.45 bits per heavy atom. The van der Waals surface area contributed by atoms with Crippen LogP contribution in [0.4, 0.5) is 11.4 Å². The molecule has 0 aliphatic heterocycles. The quantitative estimate of drug-likeness (QED) is 0.683. The Morgan fingerprint density at radius 1 is 1.20 bits per heavy atom. The molecule has 0 atom stereocenters. The van der Waals surface area contributed by atoms with Gasteiger partial charge in [0.25, 0.3) is 11.6 Å². The van der Waals surface area contributed by atoms with Crippen LogP contribution in [0.1, 0.15) is 15.9 Å². The minimum absolute atomic E-state index is 0.115. The minimum Gasteiger partial charge on any atom is -0.316 e. The van der Waals surface area contributed by atoms with Crippen LogP contribution < -0.4 is 5.32 Å². The second-order valence-electron chi connectivity index (χ2n) is 4.24. The molecule has 2 aromatic carbocycles. The smallest absolute Gasteiger partial charge is 0.293 e. The zero-order chi connectivity index (χ0) is 14.7. The molecule has 2 rings (SSSR count). The Balaban J connectivity index is 2.28. The van der Waals surface area contributed by atoms with Crippen molar-refractivity contribution in [1.29, 1.82) is 0 Å². The van der Waals surface area contributed by atoms with E-state index in [2.05, 4.69) is 21.2 Å². The monoisotopic (exact) mass is 334 g/mol. The maximum absolute atomic E-state index is 12.0. The topological polar surface area (TPSA) is 72.2 Å². The lowest BCUT2D eigenvalue weighted by molar-refractivity contribution is -0.384. The summed E-state index contributed by atoms with van der Waals surface area (Å²) in [6, 6.07) is 11.4. The normalized spacial score (nSPS) is 10.1. The number of carbonyl (C=O) groups is 1. The SMILES string of the molecule is Cc1ccc(NC(=O)c2ccc(Br)cc2)c([N+](=O)[O-])c1. The number of hydrogen-bond donors (Lipinski definition) is 1. The number of nitrogens with one attached hydrogen (secondary N) is 1. The highest BCUT2D eigenvalue weighted by atomic mass is 79.9. The van der Waals surface area contributed by atoms with Crippen LogP contribution >= 0.6 is 15.9 Å². The fourth-order valence-corrected chi connectivity index (χ4v) is 1.96. The molecule has 6 heteroatoms. The Labute approximate surface area is 123 Å². The van der Waals surface area contributed by atoms with Gasteiger partial charge in [0.2, 0.25) is 0 Å². The Kier molecular flexibility index (Phi) is 4.14. The zero-order valence-corrected chi connectivity index (χ0v) is 12.2. The van der Waals surface area contributed by atoms with Gasteiger partial charge in [-0.2, -0.15) is 0 Å².